The van der Waals surface area contributed by atoms with Crippen molar-refractivity contribution in [3.05, 3.63) is 77.1 Å². The summed E-state index contributed by atoms with van der Waals surface area (Å²) in [5, 5.41) is 10.8. The van der Waals surface area contributed by atoms with Gasteiger partial charge in [-0.3, -0.25) is 9.59 Å². The number of carbonyl (C=O) groups excluding carboxylic acids is 2. The molecule has 2 saturated heterocycles. The maximum Gasteiger partial charge on any atom is 0.295 e. The molecule has 2 heterocycles. The van der Waals surface area contributed by atoms with Gasteiger partial charge in [0, 0.05) is 18.7 Å². The SMILES string of the molecule is O=C1C(=O)N(C[C@@H]2CCCO2)[C@@H](c2ccc(F)cc2)C1=C(O)c1ccccc1. The molecule has 0 spiro atoms. The van der Waals surface area contributed by atoms with E-state index in [1.54, 1.807) is 30.3 Å². The molecule has 2 aromatic carbocycles. The highest BCUT2D eigenvalue weighted by molar-refractivity contribution is 6.46. The summed E-state index contributed by atoms with van der Waals surface area (Å²) >= 11 is 0. The fourth-order valence-electron chi connectivity index (χ4n) is 3.82. The zero-order chi connectivity index (χ0) is 19.7. The summed E-state index contributed by atoms with van der Waals surface area (Å²) in [5.41, 5.74) is 1.03. The summed E-state index contributed by atoms with van der Waals surface area (Å²) in [6, 6.07) is 13.5. The Kier molecular flexibility index (Phi) is 4.96. The van der Waals surface area contributed by atoms with Gasteiger partial charge in [-0.1, -0.05) is 42.5 Å². The van der Waals surface area contributed by atoms with Crippen LogP contribution in [0.5, 0.6) is 0 Å². The van der Waals surface area contributed by atoms with E-state index < -0.39 is 23.5 Å². The Labute approximate surface area is 162 Å². The number of nitrogens with zero attached hydrogens (tertiary/aromatic N) is 1. The van der Waals surface area contributed by atoms with Crippen LogP contribution < -0.4 is 0 Å². The Hall–Kier alpha value is -2.99. The van der Waals surface area contributed by atoms with Crippen molar-refractivity contribution in [2.24, 2.45) is 0 Å². The highest BCUT2D eigenvalue weighted by atomic mass is 19.1. The minimum atomic E-state index is -0.787. The maximum absolute atomic E-state index is 13.4. The van der Waals surface area contributed by atoms with Crippen molar-refractivity contribution in [2.45, 2.75) is 25.0 Å². The molecule has 5 nitrogen and oxygen atoms in total. The number of likely N-dealkylation sites (tertiary alicyclic amines) is 1. The van der Waals surface area contributed by atoms with Crippen LogP contribution in [0.4, 0.5) is 4.39 Å². The number of Topliss-reactive ketones (excluding diaryl/α,β-unsaturated/α-hetero) is 1. The van der Waals surface area contributed by atoms with Crippen LogP contribution in [0.2, 0.25) is 0 Å². The van der Waals surface area contributed by atoms with Crippen LogP contribution >= 0.6 is 0 Å². The lowest BCUT2D eigenvalue weighted by atomic mass is 9.95. The largest absolute Gasteiger partial charge is 0.507 e. The van der Waals surface area contributed by atoms with Crippen molar-refractivity contribution < 1.29 is 23.8 Å². The number of benzene rings is 2. The lowest BCUT2D eigenvalue weighted by molar-refractivity contribution is -0.140. The van der Waals surface area contributed by atoms with Crippen molar-refractivity contribution >= 4 is 17.4 Å². The molecule has 2 aliphatic heterocycles. The lowest BCUT2D eigenvalue weighted by Crippen LogP contribution is -2.36. The Morgan fingerprint density at radius 2 is 1.82 bits per heavy atom. The topological polar surface area (TPSA) is 66.8 Å². The molecule has 2 atom stereocenters. The van der Waals surface area contributed by atoms with E-state index in [2.05, 4.69) is 0 Å². The minimum Gasteiger partial charge on any atom is -0.507 e. The van der Waals surface area contributed by atoms with E-state index in [4.69, 9.17) is 4.74 Å². The standard InChI is InChI=1S/C22H20FNO4/c23-16-10-8-14(9-11-16)19-18(20(25)15-5-2-1-3-6-15)21(26)22(27)24(19)13-17-7-4-12-28-17/h1-3,5-6,8-11,17,19,25H,4,7,12-13H2/t17-,19-/m0/s1. The monoisotopic (exact) mass is 381 g/mol. The molecule has 2 aromatic rings. The fourth-order valence-corrected chi connectivity index (χ4v) is 3.82. The predicted octanol–water partition coefficient (Wildman–Crippen LogP) is 3.43. The zero-order valence-corrected chi connectivity index (χ0v) is 15.2. The average Bonchev–Trinajstić information content (AvgIpc) is 3.31. The van der Waals surface area contributed by atoms with Crippen LogP contribution in [0.3, 0.4) is 0 Å². The number of rotatable bonds is 4. The second-order valence-electron chi connectivity index (χ2n) is 7.00. The van der Waals surface area contributed by atoms with Crippen molar-refractivity contribution in [2.75, 3.05) is 13.2 Å². The van der Waals surface area contributed by atoms with Gasteiger partial charge in [-0.25, -0.2) is 4.39 Å². The Balaban J connectivity index is 1.81. The van der Waals surface area contributed by atoms with Gasteiger partial charge in [0.2, 0.25) is 0 Å². The number of hydrogen-bond donors (Lipinski definition) is 1. The molecule has 2 aliphatic rings. The second-order valence-corrected chi connectivity index (χ2v) is 7.00. The molecule has 2 fully saturated rings. The summed E-state index contributed by atoms with van der Waals surface area (Å²) in [6.45, 7) is 0.873. The first-order valence-corrected chi connectivity index (χ1v) is 9.27. The van der Waals surface area contributed by atoms with Crippen LogP contribution in [0.25, 0.3) is 5.76 Å². The number of aliphatic hydroxyl groups excluding tert-OH is 1. The number of ketones is 1. The normalized spacial score (nSPS) is 24.1. The van der Waals surface area contributed by atoms with Crippen LogP contribution in [-0.4, -0.2) is 41.0 Å². The first kappa shape index (κ1) is 18.4. The van der Waals surface area contributed by atoms with Gasteiger partial charge in [0.1, 0.15) is 11.6 Å². The van der Waals surface area contributed by atoms with E-state index in [0.717, 1.165) is 12.8 Å². The lowest BCUT2D eigenvalue weighted by Gasteiger charge is -2.27. The number of hydrogen-bond acceptors (Lipinski definition) is 4. The van der Waals surface area contributed by atoms with Crippen LogP contribution in [0, 0.1) is 5.82 Å². The Morgan fingerprint density at radius 3 is 2.46 bits per heavy atom. The summed E-state index contributed by atoms with van der Waals surface area (Å²) in [5.74, 6) is -2.07. The van der Waals surface area contributed by atoms with Crippen LogP contribution in [0.1, 0.15) is 30.0 Å². The summed E-state index contributed by atoms with van der Waals surface area (Å²) in [7, 11) is 0. The molecule has 0 aliphatic carbocycles. The number of carbonyl (C=O) groups is 2. The Morgan fingerprint density at radius 1 is 1.11 bits per heavy atom. The minimum absolute atomic E-state index is 0.0146. The molecule has 0 unspecified atom stereocenters. The van der Waals surface area contributed by atoms with Gasteiger partial charge in [0.25, 0.3) is 11.7 Å². The van der Waals surface area contributed by atoms with E-state index in [1.165, 1.54) is 29.2 Å². The maximum atomic E-state index is 13.4. The molecule has 6 heteroatoms. The van der Waals surface area contributed by atoms with Gasteiger partial charge in [-0.15, -0.1) is 0 Å². The number of aliphatic hydroxyl groups is 1. The van der Waals surface area contributed by atoms with E-state index in [0.29, 0.717) is 17.7 Å². The molecule has 4 rings (SSSR count). The second kappa shape index (κ2) is 7.56. The first-order valence-electron chi connectivity index (χ1n) is 9.27. The molecular formula is C22H20FNO4. The van der Waals surface area contributed by atoms with E-state index in [1.807, 2.05) is 0 Å². The quantitative estimate of drug-likeness (QED) is 0.501. The Bertz CT molecular complexity index is 917. The van der Waals surface area contributed by atoms with Gasteiger partial charge in [0.05, 0.1) is 17.7 Å². The van der Waals surface area contributed by atoms with Crippen molar-refractivity contribution in [3.63, 3.8) is 0 Å². The van der Waals surface area contributed by atoms with Crippen molar-refractivity contribution in [3.8, 4) is 0 Å². The summed E-state index contributed by atoms with van der Waals surface area (Å²) < 4.78 is 19.1. The van der Waals surface area contributed by atoms with Crippen molar-refractivity contribution in [1.29, 1.82) is 0 Å². The van der Waals surface area contributed by atoms with Gasteiger partial charge in [-0.05, 0) is 30.5 Å². The molecule has 0 saturated carbocycles. The number of amides is 1. The zero-order valence-electron chi connectivity index (χ0n) is 15.2. The third-order valence-electron chi connectivity index (χ3n) is 5.20. The fraction of sp³-hybridized carbons (Fsp3) is 0.273. The summed E-state index contributed by atoms with van der Waals surface area (Å²) in [6.07, 6.45) is 1.55. The molecule has 28 heavy (non-hydrogen) atoms. The third kappa shape index (κ3) is 3.31. The van der Waals surface area contributed by atoms with E-state index in [-0.39, 0.29) is 24.0 Å². The molecule has 144 valence electrons. The highest BCUT2D eigenvalue weighted by Crippen LogP contribution is 2.40. The molecule has 0 radical (unpaired) electrons. The van der Waals surface area contributed by atoms with Gasteiger partial charge in [-0.2, -0.15) is 0 Å². The molecule has 0 bridgehead atoms. The van der Waals surface area contributed by atoms with E-state index in [9.17, 15) is 19.1 Å². The first-order chi connectivity index (χ1) is 13.6. The van der Waals surface area contributed by atoms with Crippen molar-refractivity contribution in [1.82, 2.24) is 4.90 Å². The predicted molar refractivity (Wildman–Crippen MR) is 101 cm³/mol. The van der Waals surface area contributed by atoms with Crippen LogP contribution in [-0.2, 0) is 14.3 Å². The molecule has 0 aromatic heterocycles. The highest BCUT2D eigenvalue weighted by Gasteiger charge is 2.47. The number of ether oxygens (including phenoxy) is 1. The van der Waals surface area contributed by atoms with Gasteiger partial charge < -0.3 is 14.7 Å². The average molecular weight is 381 g/mol. The molecular weight excluding hydrogens is 361 g/mol. The van der Waals surface area contributed by atoms with E-state index >= 15 is 0 Å². The summed E-state index contributed by atoms with van der Waals surface area (Å²) in [4.78, 5) is 27.1. The van der Waals surface area contributed by atoms with Gasteiger partial charge >= 0.3 is 0 Å². The number of halogens is 1. The molecule has 1 N–H and O–H groups in total. The molecule has 1 amide bonds. The smallest absolute Gasteiger partial charge is 0.295 e. The van der Waals surface area contributed by atoms with Gasteiger partial charge in [0.15, 0.2) is 0 Å². The van der Waals surface area contributed by atoms with Crippen LogP contribution in [0.15, 0.2) is 60.2 Å². The third-order valence-corrected chi connectivity index (χ3v) is 5.20.